The zero-order valence-corrected chi connectivity index (χ0v) is 26.0. The van der Waals surface area contributed by atoms with Gasteiger partial charge in [0.05, 0.1) is 19.8 Å². The Bertz CT molecular complexity index is 1270. The molecule has 1 N–H and O–H groups in total. The zero-order chi connectivity index (χ0) is 31.6. The van der Waals surface area contributed by atoms with E-state index in [0.717, 1.165) is 28.0 Å². The van der Waals surface area contributed by atoms with E-state index in [1.165, 1.54) is 0 Å². The molecule has 2 unspecified atom stereocenters. The number of hydrogen-bond donors (Lipinski definition) is 1. The number of carbonyl (C=O) groups excluding carboxylic acids is 2. The van der Waals surface area contributed by atoms with Crippen molar-refractivity contribution in [1.82, 2.24) is 0 Å². The first-order valence-corrected chi connectivity index (χ1v) is 14.6. The maximum absolute atomic E-state index is 12.0. The van der Waals surface area contributed by atoms with Gasteiger partial charge in [-0.1, -0.05) is 61.5 Å². The van der Waals surface area contributed by atoms with Gasteiger partial charge in [-0.2, -0.15) is 0 Å². The van der Waals surface area contributed by atoms with E-state index in [9.17, 15) is 14.7 Å². The molecule has 0 aliphatic rings. The Morgan fingerprint density at radius 1 is 0.744 bits per heavy atom. The molecular weight excluding hydrogens is 548 g/mol. The number of rotatable bonds is 14. The van der Waals surface area contributed by atoms with Crippen LogP contribution in [-0.4, -0.2) is 49.6 Å². The van der Waals surface area contributed by atoms with Crippen molar-refractivity contribution in [3.05, 3.63) is 101 Å². The normalized spacial score (nSPS) is 12.5. The van der Waals surface area contributed by atoms with E-state index in [1.807, 2.05) is 82.3 Å². The van der Waals surface area contributed by atoms with Crippen molar-refractivity contribution in [2.75, 3.05) is 26.4 Å². The van der Waals surface area contributed by atoms with Crippen LogP contribution in [0.3, 0.4) is 0 Å². The molecule has 3 aromatic rings. The fourth-order valence-corrected chi connectivity index (χ4v) is 4.11. The van der Waals surface area contributed by atoms with Crippen molar-refractivity contribution >= 4 is 17.5 Å². The fourth-order valence-electron chi connectivity index (χ4n) is 4.11. The zero-order valence-electron chi connectivity index (χ0n) is 26.0. The summed E-state index contributed by atoms with van der Waals surface area (Å²) in [6.07, 6.45) is -0.612. The van der Waals surface area contributed by atoms with Gasteiger partial charge >= 0.3 is 11.9 Å². The second kappa shape index (κ2) is 19.0. The summed E-state index contributed by atoms with van der Waals surface area (Å²) in [6.45, 7) is 13.0. The van der Waals surface area contributed by atoms with Crippen molar-refractivity contribution in [2.24, 2.45) is 0 Å². The van der Waals surface area contributed by atoms with Crippen LogP contribution >= 0.6 is 0 Å². The molecule has 0 saturated carbocycles. The lowest BCUT2D eigenvalue weighted by molar-refractivity contribution is -0.157. The van der Waals surface area contributed by atoms with Crippen molar-refractivity contribution < 1.29 is 38.4 Å². The lowest BCUT2D eigenvalue weighted by Crippen LogP contribution is -2.31. The molecular formula is C35H44O8. The van der Waals surface area contributed by atoms with Gasteiger partial charge in [0, 0.05) is 18.1 Å². The lowest BCUT2D eigenvalue weighted by atomic mass is 9.95. The summed E-state index contributed by atoms with van der Waals surface area (Å²) >= 11 is 0. The van der Waals surface area contributed by atoms with Gasteiger partial charge in [0.15, 0.2) is 6.10 Å². The van der Waals surface area contributed by atoms with Crippen molar-refractivity contribution in [3.8, 4) is 11.5 Å². The molecule has 0 radical (unpaired) electrons. The van der Waals surface area contributed by atoms with Crippen LogP contribution in [0, 0.1) is 0 Å². The molecule has 8 nitrogen and oxygen atoms in total. The van der Waals surface area contributed by atoms with Crippen LogP contribution in [0.15, 0.2) is 84.6 Å². The van der Waals surface area contributed by atoms with Gasteiger partial charge in [-0.25, -0.2) is 9.59 Å². The standard InChI is InChI=1S/C21H24O4.C14H20O4/c1-4-23-20(21(22)24-5-2)16(3)18-11-13-19(14-12-18)25-15-17-9-7-6-8-10-17;1-4-17-13(14(16)18-5-2)10(3)11-6-8-12(15)9-7-11/h6-14H,4-5,15H2,1-3H3;6-10,13,15H,4-5H2,1-3H3. The van der Waals surface area contributed by atoms with Crippen LogP contribution in [0.5, 0.6) is 11.5 Å². The Morgan fingerprint density at radius 2 is 1.35 bits per heavy atom. The SMILES string of the molecule is CCOC(=O)C(OCC)=C(C)c1ccc(OCc2ccccc2)cc1.CCOC(=O)C(OCC)C(C)c1ccc(O)cc1. The number of phenolic OH excluding ortho intramolecular Hbond substituents is 1. The minimum Gasteiger partial charge on any atom is -0.508 e. The second-order valence-electron chi connectivity index (χ2n) is 9.41. The molecule has 0 fully saturated rings. The summed E-state index contributed by atoms with van der Waals surface area (Å²) in [5.41, 5.74) is 3.68. The highest BCUT2D eigenvalue weighted by atomic mass is 16.6. The van der Waals surface area contributed by atoms with Gasteiger partial charge in [0.1, 0.15) is 18.1 Å². The number of benzene rings is 3. The molecule has 0 aliphatic heterocycles. The first kappa shape index (κ1) is 34.9. The van der Waals surface area contributed by atoms with Crippen LogP contribution in [-0.2, 0) is 35.1 Å². The van der Waals surface area contributed by atoms with Crippen LogP contribution < -0.4 is 4.74 Å². The molecule has 0 bridgehead atoms. The highest BCUT2D eigenvalue weighted by Gasteiger charge is 2.28. The molecule has 3 aromatic carbocycles. The van der Waals surface area contributed by atoms with E-state index in [0.29, 0.717) is 33.0 Å². The predicted octanol–water partition coefficient (Wildman–Crippen LogP) is 7.06. The topological polar surface area (TPSA) is 101 Å². The van der Waals surface area contributed by atoms with Gasteiger partial charge in [0.2, 0.25) is 5.76 Å². The van der Waals surface area contributed by atoms with E-state index >= 15 is 0 Å². The van der Waals surface area contributed by atoms with Gasteiger partial charge in [-0.15, -0.1) is 0 Å². The van der Waals surface area contributed by atoms with Crippen LogP contribution in [0.4, 0.5) is 0 Å². The van der Waals surface area contributed by atoms with E-state index < -0.39 is 12.1 Å². The molecule has 0 spiro atoms. The van der Waals surface area contributed by atoms with E-state index in [1.54, 1.807) is 38.1 Å². The van der Waals surface area contributed by atoms with Crippen LogP contribution in [0.2, 0.25) is 0 Å². The Balaban J connectivity index is 0.000000317. The minimum atomic E-state index is -0.612. The minimum absolute atomic E-state index is 0.121. The number of esters is 2. The van der Waals surface area contributed by atoms with Crippen molar-refractivity contribution in [3.63, 3.8) is 0 Å². The van der Waals surface area contributed by atoms with Gasteiger partial charge in [0.25, 0.3) is 0 Å². The van der Waals surface area contributed by atoms with Gasteiger partial charge < -0.3 is 28.8 Å². The molecule has 232 valence electrons. The Labute approximate surface area is 255 Å². The van der Waals surface area contributed by atoms with E-state index in [2.05, 4.69) is 0 Å². The summed E-state index contributed by atoms with van der Waals surface area (Å²) < 4.78 is 26.8. The molecule has 0 heterocycles. The van der Waals surface area contributed by atoms with Crippen molar-refractivity contribution in [1.29, 1.82) is 0 Å². The van der Waals surface area contributed by atoms with Crippen molar-refractivity contribution in [2.45, 2.75) is 60.2 Å². The summed E-state index contributed by atoms with van der Waals surface area (Å²) in [4.78, 5) is 23.9. The number of ether oxygens (including phenoxy) is 5. The van der Waals surface area contributed by atoms with Crippen LogP contribution in [0.1, 0.15) is 64.2 Å². The quantitative estimate of drug-likeness (QED) is 0.121. The second-order valence-corrected chi connectivity index (χ2v) is 9.41. The molecule has 8 heteroatoms. The molecule has 0 aliphatic carbocycles. The maximum Gasteiger partial charge on any atom is 0.373 e. The largest absolute Gasteiger partial charge is 0.508 e. The summed E-state index contributed by atoms with van der Waals surface area (Å²) in [5.74, 6) is 0.322. The molecule has 2 atom stereocenters. The number of phenols is 1. The Kier molecular flexibility index (Phi) is 15.4. The molecule has 3 rings (SSSR count). The Morgan fingerprint density at radius 3 is 1.91 bits per heavy atom. The first-order chi connectivity index (χ1) is 20.7. The summed E-state index contributed by atoms with van der Waals surface area (Å²) in [6, 6.07) is 24.4. The summed E-state index contributed by atoms with van der Waals surface area (Å²) in [5, 5.41) is 9.25. The fraction of sp³-hybridized carbons (Fsp3) is 0.371. The number of carbonyl (C=O) groups is 2. The third kappa shape index (κ3) is 11.5. The smallest absolute Gasteiger partial charge is 0.373 e. The maximum atomic E-state index is 12.0. The molecule has 43 heavy (non-hydrogen) atoms. The molecule has 0 saturated heterocycles. The van der Waals surface area contributed by atoms with Gasteiger partial charge in [-0.3, -0.25) is 0 Å². The van der Waals surface area contributed by atoms with Gasteiger partial charge in [-0.05, 0) is 75.6 Å². The van der Waals surface area contributed by atoms with Crippen LogP contribution in [0.25, 0.3) is 5.57 Å². The monoisotopic (exact) mass is 592 g/mol. The lowest BCUT2D eigenvalue weighted by Gasteiger charge is -2.22. The number of allylic oxidation sites excluding steroid dienone is 1. The first-order valence-electron chi connectivity index (χ1n) is 14.6. The van der Waals surface area contributed by atoms with E-state index in [4.69, 9.17) is 23.7 Å². The third-order valence-corrected chi connectivity index (χ3v) is 6.36. The summed E-state index contributed by atoms with van der Waals surface area (Å²) in [7, 11) is 0. The average molecular weight is 593 g/mol. The molecule has 0 aromatic heterocycles. The third-order valence-electron chi connectivity index (χ3n) is 6.36. The Hall–Kier alpha value is -4.30. The highest BCUT2D eigenvalue weighted by molar-refractivity contribution is 5.95. The van der Waals surface area contributed by atoms with E-state index in [-0.39, 0.29) is 23.4 Å². The number of hydrogen-bond acceptors (Lipinski definition) is 8. The number of aromatic hydroxyl groups is 1. The predicted molar refractivity (Wildman–Crippen MR) is 167 cm³/mol. The average Bonchev–Trinajstić information content (AvgIpc) is 3.02. The molecule has 0 amide bonds. The highest BCUT2D eigenvalue weighted by Crippen LogP contribution is 2.25.